The van der Waals surface area contributed by atoms with Gasteiger partial charge in [0.1, 0.15) is 11.6 Å². The van der Waals surface area contributed by atoms with Gasteiger partial charge in [-0.25, -0.2) is 9.67 Å². The fraction of sp³-hybridized carbons (Fsp3) is 0.300. The van der Waals surface area contributed by atoms with Crippen molar-refractivity contribution in [1.82, 2.24) is 19.7 Å². The monoisotopic (exact) mass is 378 g/mol. The van der Waals surface area contributed by atoms with Crippen molar-refractivity contribution >= 4 is 17.4 Å². The summed E-state index contributed by atoms with van der Waals surface area (Å²) in [5, 5.41) is 7.71. The van der Waals surface area contributed by atoms with Crippen LogP contribution < -0.4 is 15.0 Å². The van der Waals surface area contributed by atoms with E-state index in [1.807, 2.05) is 44.2 Å². The third-order valence-corrected chi connectivity index (χ3v) is 4.52. The number of hydrogen-bond donors (Lipinski definition) is 1. The first-order valence-corrected chi connectivity index (χ1v) is 9.23. The first-order valence-electron chi connectivity index (χ1n) is 9.23. The Kier molecular flexibility index (Phi) is 4.92. The molecule has 2 aromatic heterocycles. The summed E-state index contributed by atoms with van der Waals surface area (Å²) in [7, 11) is 0. The van der Waals surface area contributed by atoms with E-state index in [0.717, 1.165) is 29.2 Å². The molecule has 1 amide bonds. The lowest BCUT2D eigenvalue weighted by molar-refractivity contribution is -0.121. The summed E-state index contributed by atoms with van der Waals surface area (Å²) in [5.74, 6) is 2.08. The molecule has 0 unspecified atom stereocenters. The Morgan fingerprint density at radius 1 is 1.21 bits per heavy atom. The maximum atomic E-state index is 12.2. The van der Waals surface area contributed by atoms with E-state index < -0.39 is 0 Å². The van der Waals surface area contributed by atoms with Crippen molar-refractivity contribution < 1.29 is 9.53 Å². The lowest BCUT2D eigenvalue weighted by Gasteiger charge is -2.29. The van der Waals surface area contributed by atoms with Gasteiger partial charge >= 0.3 is 0 Å². The summed E-state index contributed by atoms with van der Waals surface area (Å²) in [4.78, 5) is 22.8. The third-order valence-electron chi connectivity index (χ3n) is 4.52. The predicted molar refractivity (Wildman–Crippen MR) is 106 cm³/mol. The van der Waals surface area contributed by atoms with Gasteiger partial charge in [0.05, 0.1) is 23.8 Å². The number of aromatic nitrogens is 4. The van der Waals surface area contributed by atoms with Crippen molar-refractivity contribution in [3.63, 3.8) is 0 Å². The van der Waals surface area contributed by atoms with Crippen LogP contribution in [0.4, 0.5) is 11.5 Å². The molecule has 3 aromatic rings. The highest BCUT2D eigenvalue weighted by atomic mass is 16.5. The van der Waals surface area contributed by atoms with Gasteiger partial charge in [-0.3, -0.25) is 9.78 Å². The summed E-state index contributed by atoms with van der Waals surface area (Å²) in [6, 6.07) is 9.60. The molecule has 0 saturated carbocycles. The van der Waals surface area contributed by atoms with Gasteiger partial charge in [-0.05, 0) is 38.5 Å². The molecule has 0 radical (unpaired) electrons. The van der Waals surface area contributed by atoms with E-state index in [4.69, 9.17) is 4.74 Å². The van der Waals surface area contributed by atoms with E-state index >= 15 is 0 Å². The van der Waals surface area contributed by atoms with E-state index in [0.29, 0.717) is 24.7 Å². The van der Waals surface area contributed by atoms with E-state index in [2.05, 4.69) is 20.4 Å². The quantitative estimate of drug-likeness (QED) is 0.664. The Labute approximate surface area is 163 Å². The van der Waals surface area contributed by atoms with Crippen molar-refractivity contribution in [3.8, 4) is 11.6 Å². The highest BCUT2D eigenvalue weighted by Crippen LogP contribution is 2.31. The number of fused-ring (bicyclic) bond motifs is 1. The second kappa shape index (κ2) is 7.67. The van der Waals surface area contributed by atoms with Gasteiger partial charge in [0.15, 0.2) is 12.4 Å². The normalized spacial score (nSPS) is 13.2. The first kappa shape index (κ1) is 18.0. The number of anilines is 2. The average molecular weight is 378 g/mol. The van der Waals surface area contributed by atoms with Crippen molar-refractivity contribution in [3.05, 3.63) is 54.1 Å². The maximum Gasteiger partial charge on any atom is 0.265 e. The largest absolute Gasteiger partial charge is 0.482 e. The van der Waals surface area contributed by atoms with Crippen LogP contribution in [0, 0.1) is 13.8 Å². The van der Waals surface area contributed by atoms with Gasteiger partial charge < -0.3 is 15.0 Å². The zero-order chi connectivity index (χ0) is 19.5. The van der Waals surface area contributed by atoms with Crippen LogP contribution >= 0.6 is 0 Å². The number of para-hydroxylation sites is 2. The molecule has 0 aliphatic carbocycles. The van der Waals surface area contributed by atoms with Crippen LogP contribution in [-0.4, -0.2) is 45.4 Å². The molecule has 4 rings (SSSR count). The van der Waals surface area contributed by atoms with Crippen molar-refractivity contribution in [1.29, 1.82) is 0 Å². The van der Waals surface area contributed by atoms with Crippen LogP contribution in [0.25, 0.3) is 5.82 Å². The predicted octanol–water partition coefficient (Wildman–Crippen LogP) is 2.51. The number of ether oxygens (including phenoxy) is 1. The van der Waals surface area contributed by atoms with Crippen molar-refractivity contribution in [2.24, 2.45) is 0 Å². The van der Waals surface area contributed by atoms with Crippen LogP contribution in [0.15, 0.2) is 42.7 Å². The molecule has 0 saturated heterocycles. The molecule has 1 aliphatic heterocycles. The number of nitrogens with one attached hydrogen (secondary N) is 1. The van der Waals surface area contributed by atoms with Gasteiger partial charge in [0.25, 0.3) is 5.91 Å². The second-order valence-electron chi connectivity index (χ2n) is 6.68. The zero-order valence-corrected chi connectivity index (χ0v) is 15.9. The number of carbonyl (C=O) groups excluding carboxylic acids is 1. The average Bonchev–Trinajstić information content (AvgIpc) is 3.05. The van der Waals surface area contributed by atoms with Crippen molar-refractivity contribution in [2.45, 2.75) is 20.3 Å². The van der Waals surface area contributed by atoms with E-state index in [1.54, 1.807) is 22.0 Å². The Morgan fingerprint density at radius 3 is 2.89 bits per heavy atom. The highest BCUT2D eigenvalue weighted by molar-refractivity contribution is 5.97. The van der Waals surface area contributed by atoms with Gasteiger partial charge in [0, 0.05) is 18.8 Å². The van der Waals surface area contributed by atoms with E-state index in [1.165, 1.54) is 0 Å². The Balaban J connectivity index is 1.37. The summed E-state index contributed by atoms with van der Waals surface area (Å²) in [6.45, 7) is 5.29. The molecule has 8 nitrogen and oxygen atoms in total. The van der Waals surface area contributed by atoms with Crippen LogP contribution in [0.5, 0.6) is 5.75 Å². The number of benzene rings is 1. The second-order valence-corrected chi connectivity index (χ2v) is 6.68. The van der Waals surface area contributed by atoms with Gasteiger partial charge in [-0.2, -0.15) is 5.10 Å². The van der Waals surface area contributed by atoms with Gasteiger partial charge in [-0.15, -0.1) is 0 Å². The number of rotatable bonds is 6. The molecule has 3 heterocycles. The molecular formula is C20H22N6O2. The Morgan fingerprint density at radius 2 is 2.07 bits per heavy atom. The molecular weight excluding hydrogens is 356 g/mol. The number of aryl methyl sites for hydroxylation is 2. The van der Waals surface area contributed by atoms with Crippen LogP contribution in [0.1, 0.15) is 17.8 Å². The number of amides is 1. The molecule has 8 heteroatoms. The maximum absolute atomic E-state index is 12.2. The fourth-order valence-corrected chi connectivity index (χ4v) is 3.26. The molecule has 1 aliphatic rings. The third kappa shape index (κ3) is 3.66. The molecule has 0 atom stereocenters. The van der Waals surface area contributed by atoms with Crippen LogP contribution in [0.3, 0.4) is 0 Å². The summed E-state index contributed by atoms with van der Waals surface area (Å²) < 4.78 is 7.25. The minimum absolute atomic E-state index is 0.0231. The molecule has 0 fully saturated rings. The molecule has 0 spiro atoms. The van der Waals surface area contributed by atoms with Crippen LogP contribution in [-0.2, 0) is 4.79 Å². The standard InChI is InChI=1S/C20H22N6O2/c1-14-10-15(2)26(24-14)19-12-21-11-18(23-19)22-8-5-9-25-16-6-3-4-7-17(16)28-13-20(25)27/h3-4,6-7,10-12H,5,8-9,13H2,1-2H3,(H,22,23). The van der Waals surface area contributed by atoms with Crippen LogP contribution in [0.2, 0.25) is 0 Å². The van der Waals surface area contributed by atoms with E-state index in [9.17, 15) is 4.79 Å². The lowest BCUT2D eigenvalue weighted by Crippen LogP contribution is -2.39. The minimum Gasteiger partial charge on any atom is -0.482 e. The van der Waals surface area contributed by atoms with Gasteiger partial charge in [-0.1, -0.05) is 12.1 Å². The summed E-state index contributed by atoms with van der Waals surface area (Å²) >= 11 is 0. The van der Waals surface area contributed by atoms with Gasteiger partial charge in [0.2, 0.25) is 0 Å². The fourth-order valence-electron chi connectivity index (χ4n) is 3.26. The molecule has 0 bridgehead atoms. The molecule has 28 heavy (non-hydrogen) atoms. The number of carbonyl (C=O) groups is 1. The Bertz CT molecular complexity index is 1000. The molecule has 144 valence electrons. The molecule has 1 N–H and O–H groups in total. The SMILES string of the molecule is Cc1cc(C)n(-c2cncc(NCCCN3C(=O)COc4ccccc43)n2)n1. The zero-order valence-electron chi connectivity index (χ0n) is 15.9. The minimum atomic E-state index is -0.0231. The van der Waals surface area contributed by atoms with Crippen molar-refractivity contribution in [2.75, 3.05) is 29.9 Å². The summed E-state index contributed by atoms with van der Waals surface area (Å²) in [5.41, 5.74) is 2.77. The smallest absolute Gasteiger partial charge is 0.265 e. The first-order chi connectivity index (χ1) is 13.6. The number of nitrogens with zero attached hydrogens (tertiary/aromatic N) is 5. The Hall–Kier alpha value is -3.42. The summed E-state index contributed by atoms with van der Waals surface area (Å²) in [6.07, 6.45) is 4.14. The van der Waals surface area contributed by atoms with E-state index in [-0.39, 0.29) is 12.5 Å². The number of hydrogen-bond acceptors (Lipinski definition) is 6. The topological polar surface area (TPSA) is 85.2 Å². The lowest BCUT2D eigenvalue weighted by atomic mass is 10.2. The highest BCUT2D eigenvalue weighted by Gasteiger charge is 2.24. The molecule has 1 aromatic carbocycles.